The summed E-state index contributed by atoms with van der Waals surface area (Å²) in [7, 11) is 0. The summed E-state index contributed by atoms with van der Waals surface area (Å²) in [4.78, 5) is 2.66. The fraction of sp³-hybridized carbons (Fsp3) is 0.533. The van der Waals surface area contributed by atoms with E-state index in [2.05, 4.69) is 4.90 Å². The molecular formula is C15H22N2O2S. The van der Waals surface area contributed by atoms with Crippen molar-refractivity contribution in [1.29, 1.82) is 0 Å². The van der Waals surface area contributed by atoms with Crippen molar-refractivity contribution in [2.75, 3.05) is 26.2 Å². The molecule has 5 heteroatoms. The molecule has 0 unspecified atom stereocenters. The predicted octanol–water partition coefficient (Wildman–Crippen LogP) is 1.55. The molecule has 110 valence electrons. The minimum atomic E-state index is -0.504. The first-order valence-electron chi connectivity index (χ1n) is 6.94. The smallest absolute Gasteiger partial charge is 0.129 e. The van der Waals surface area contributed by atoms with E-state index in [4.69, 9.17) is 22.7 Å². The number of benzene rings is 1. The zero-order valence-electron chi connectivity index (χ0n) is 11.8. The molecule has 0 aromatic heterocycles. The molecule has 1 saturated heterocycles. The van der Waals surface area contributed by atoms with E-state index in [0.717, 1.165) is 43.8 Å². The molecule has 1 aliphatic heterocycles. The number of ether oxygens (including phenoxy) is 1. The Morgan fingerprint density at radius 1 is 1.40 bits per heavy atom. The number of nitrogens with two attached hydrogens (primary N) is 1. The van der Waals surface area contributed by atoms with Gasteiger partial charge in [-0.3, -0.25) is 4.90 Å². The number of nitrogens with zero attached hydrogens (tertiary/aromatic N) is 1. The normalized spacial score (nSPS) is 18.7. The second-order valence-corrected chi connectivity index (χ2v) is 5.99. The van der Waals surface area contributed by atoms with Crippen LogP contribution in [-0.2, 0) is 0 Å². The van der Waals surface area contributed by atoms with Crippen LogP contribution in [0.15, 0.2) is 24.3 Å². The van der Waals surface area contributed by atoms with Crippen LogP contribution >= 0.6 is 12.2 Å². The molecule has 1 heterocycles. The van der Waals surface area contributed by atoms with Gasteiger partial charge in [-0.15, -0.1) is 0 Å². The maximum absolute atomic E-state index is 9.91. The maximum Gasteiger partial charge on any atom is 0.129 e. The van der Waals surface area contributed by atoms with Gasteiger partial charge in [0.25, 0.3) is 0 Å². The number of piperidine rings is 1. The van der Waals surface area contributed by atoms with E-state index in [1.807, 2.05) is 31.2 Å². The number of para-hydroxylation sites is 1. The summed E-state index contributed by atoms with van der Waals surface area (Å²) in [5.74, 6) is 0.740. The summed E-state index contributed by atoms with van der Waals surface area (Å²) in [5, 5.41) is 9.91. The van der Waals surface area contributed by atoms with Crippen LogP contribution in [0.4, 0.5) is 0 Å². The molecule has 0 spiro atoms. The van der Waals surface area contributed by atoms with Crippen molar-refractivity contribution in [3.05, 3.63) is 29.8 Å². The van der Waals surface area contributed by atoms with Crippen LogP contribution in [0.3, 0.4) is 0 Å². The van der Waals surface area contributed by atoms with Crippen molar-refractivity contribution in [1.82, 2.24) is 4.90 Å². The third kappa shape index (κ3) is 4.16. The van der Waals surface area contributed by atoms with Gasteiger partial charge in [-0.05, 0) is 31.9 Å². The lowest BCUT2D eigenvalue weighted by Crippen LogP contribution is -2.43. The Bertz CT molecular complexity index is 467. The predicted molar refractivity (Wildman–Crippen MR) is 84.1 cm³/mol. The molecule has 0 bridgehead atoms. The third-order valence-electron chi connectivity index (χ3n) is 3.75. The van der Waals surface area contributed by atoms with Crippen molar-refractivity contribution in [2.24, 2.45) is 5.73 Å². The summed E-state index contributed by atoms with van der Waals surface area (Å²) in [5.41, 5.74) is 5.95. The highest BCUT2D eigenvalue weighted by molar-refractivity contribution is 7.80. The van der Waals surface area contributed by atoms with Crippen molar-refractivity contribution in [3.8, 4) is 5.75 Å². The fourth-order valence-electron chi connectivity index (χ4n) is 2.34. The van der Waals surface area contributed by atoms with E-state index < -0.39 is 5.60 Å². The average Bonchev–Trinajstić information content (AvgIpc) is 2.41. The molecular weight excluding hydrogens is 272 g/mol. The van der Waals surface area contributed by atoms with Crippen molar-refractivity contribution < 1.29 is 9.84 Å². The first-order valence-corrected chi connectivity index (χ1v) is 7.35. The number of aliphatic hydroxyl groups is 1. The lowest BCUT2D eigenvalue weighted by atomic mass is 9.94. The van der Waals surface area contributed by atoms with Gasteiger partial charge in [0.2, 0.25) is 0 Å². The molecule has 0 atom stereocenters. The summed E-state index contributed by atoms with van der Waals surface area (Å²) in [6.07, 6.45) is 1.63. The van der Waals surface area contributed by atoms with Crippen LogP contribution in [0.5, 0.6) is 5.75 Å². The van der Waals surface area contributed by atoms with Gasteiger partial charge < -0.3 is 15.6 Å². The van der Waals surface area contributed by atoms with Gasteiger partial charge in [0, 0.05) is 19.6 Å². The summed E-state index contributed by atoms with van der Waals surface area (Å²) in [6, 6.07) is 7.56. The fourth-order valence-corrected chi connectivity index (χ4v) is 2.51. The van der Waals surface area contributed by atoms with Gasteiger partial charge in [0.05, 0.1) is 11.2 Å². The topological polar surface area (TPSA) is 58.7 Å². The average molecular weight is 294 g/mol. The van der Waals surface area contributed by atoms with Gasteiger partial charge in [-0.25, -0.2) is 0 Å². The number of hydrogen-bond donors (Lipinski definition) is 2. The quantitative estimate of drug-likeness (QED) is 0.807. The van der Waals surface area contributed by atoms with E-state index in [0.29, 0.717) is 11.6 Å². The second kappa shape index (κ2) is 6.52. The van der Waals surface area contributed by atoms with Gasteiger partial charge in [-0.1, -0.05) is 24.4 Å². The largest absolute Gasteiger partial charge is 0.492 e. The van der Waals surface area contributed by atoms with Crippen LogP contribution in [0, 0.1) is 0 Å². The van der Waals surface area contributed by atoms with Crippen molar-refractivity contribution in [3.63, 3.8) is 0 Å². The van der Waals surface area contributed by atoms with Crippen LogP contribution in [-0.4, -0.2) is 46.8 Å². The molecule has 0 saturated carbocycles. The van der Waals surface area contributed by atoms with E-state index >= 15 is 0 Å². The Balaban J connectivity index is 1.81. The van der Waals surface area contributed by atoms with Crippen LogP contribution in [0.25, 0.3) is 0 Å². The van der Waals surface area contributed by atoms with Crippen molar-refractivity contribution in [2.45, 2.75) is 25.4 Å². The molecule has 4 nitrogen and oxygen atoms in total. The summed E-state index contributed by atoms with van der Waals surface area (Å²) < 4.78 is 5.78. The number of rotatable bonds is 5. The Hall–Kier alpha value is -1.17. The van der Waals surface area contributed by atoms with Gasteiger partial charge in [0.15, 0.2) is 0 Å². The van der Waals surface area contributed by atoms with E-state index in [1.165, 1.54) is 0 Å². The van der Waals surface area contributed by atoms with E-state index in [1.54, 1.807) is 0 Å². The van der Waals surface area contributed by atoms with Crippen LogP contribution in [0.1, 0.15) is 25.3 Å². The Morgan fingerprint density at radius 2 is 2.05 bits per heavy atom. The van der Waals surface area contributed by atoms with Gasteiger partial charge in [-0.2, -0.15) is 0 Å². The lowest BCUT2D eigenvalue weighted by molar-refractivity contribution is -0.00768. The zero-order chi connectivity index (χ0) is 14.6. The second-order valence-electron chi connectivity index (χ2n) is 5.55. The third-order valence-corrected chi connectivity index (χ3v) is 3.97. The van der Waals surface area contributed by atoms with Gasteiger partial charge >= 0.3 is 0 Å². The molecule has 0 radical (unpaired) electrons. The maximum atomic E-state index is 9.91. The first-order chi connectivity index (χ1) is 9.48. The van der Waals surface area contributed by atoms with E-state index in [-0.39, 0.29) is 0 Å². The molecule has 2 rings (SSSR count). The summed E-state index contributed by atoms with van der Waals surface area (Å²) >= 11 is 5.01. The molecule has 0 amide bonds. The Morgan fingerprint density at radius 3 is 2.70 bits per heavy atom. The van der Waals surface area contributed by atoms with Gasteiger partial charge in [0.1, 0.15) is 17.3 Å². The monoisotopic (exact) mass is 294 g/mol. The minimum absolute atomic E-state index is 0.356. The Labute approximate surface area is 125 Å². The molecule has 0 aliphatic carbocycles. The first kappa shape index (κ1) is 15.2. The standard InChI is InChI=1S/C15H22N2O2S/c1-15(18)6-8-17(9-7-15)10-11-19-13-5-3-2-4-12(13)14(16)20/h2-5,18H,6-11H2,1H3,(H2,16,20). The number of likely N-dealkylation sites (tertiary alicyclic amines) is 1. The number of hydrogen-bond acceptors (Lipinski definition) is 4. The molecule has 1 fully saturated rings. The number of thiocarbonyl (C=S) groups is 1. The van der Waals surface area contributed by atoms with Crippen molar-refractivity contribution >= 4 is 17.2 Å². The molecule has 1 aliphatic rings. The lowest BCUT2D eigenvalue weighted by Gasteiger charge is -2.35. The highest BCUT2D eigenvalue weighted by atomic mass is 32.1. The highest BCUT2D eigenvalue weighted by Gasteiger charge is 2.26. The minimum Gasteiger partial charge on any atom is -0.492 e. The molecule has 1 aromatic carbocycles. The molecule has 20 heavy (non-hydrogen) atoms. The van der Waals surface area contributed by atoms with Crippen LogP contribution in [0.2, 0.25) is 0 Å². The highest BCUT2D eigenvalue weighted by Crippen LogP contribution is 2.21. The SMILES string of the molecule is CC1(O)CCN(CCOc2ccccc2C(N)=S)CC1. The molecule has 1 aromatic rings. The Kier molecular flexibility index (Phi) is 4.96. The van der Waals surface area contributed by atoms with E-state index in [9.17, 15) is 5.11 Å². The van der Waals surface area contributed by atoms with Crippen LogP contribution < -0.4 is 10.5 Å². The summed E-state index contributed by atoms with van der Waals surface area (Å²) in [6.45, 7) is 5.17. The zero-order valence-corrected chi connectivity index (χ0v) is 12.7. The molecule has 3 N–H and O–H groups in total.